The van der Waals surface area contributed by atoms with Crippen molar-refractivity contribution in [2.45, 2.75) is 44.7 Å². The Balaban J connectivity index is 2.16. The molecule has 0 bridgehead atoms. The summed E-state index contributed by atoms with van der Waals surface area (Å²) in [4.78, 5) is 0. The first-order valence-corrected chi connectivity index (χ1v) is 6.21. The fourth-order valence-corrected chi connectivity index (χ4v) is 2.43. The molecular formula is C14H18F3NO. The molecule has 1 aliphatic rings. The minimum Gasteiger partial charge on any atom is -0.353 e. The summed E-state index contributed by atoms with van der Waals surface area (Å²) in [5, 5.41) is 3.23. The molecule has 0 aromatic heterocycles. The van der Waals surface area contributed by atoms with Crippen LogP contribution in [0.1, 0.15) is 31.9 Å². The predicted octanol–water partition coefficient (Wildman–Crippen LogP) is 3.36. The lowest BCUT2D eigenvalue weighted by Crippen LogP contribution is -2.40. The molecule has 19 heavy (non-hydrogen) atoms. The van der Waals surface area contributed by atoms with Gasteiger partial charge in [0, 0.05) is 13.0 Å². The van der Waals surface area contributed by atoms with E-state index in [0.29, 0.717) is 18.5 Å². The second-order valence-corrected chi connectivity index (χ2v) is 5.82. The van der Waals surface area contributed by atoms with Gasteiger partial charge >= 0.3 is 6.18 Å². The molecule has 1 fully saturated rings. The van der Waals surface area contributed by atoms with Gasteiger partial charge in [-0.25, -0.2) is 0 Å². The van der Waals surface area contributed by atoms with Crippen LogP contribution in [-0.4, -0.2) is 17.9 Å². The van der Waals surface area contributed by atoms with Crippen molar-refractivity contribution in [1.82, 2.24) is 5.32 Å². The highest BCUT2D eigenvalue weighted by atomic mass is 19.4. The lowest BCUT2D eigenvalue weighted by atomic mass is 10.0. The number of hydrogen-bond donors (Lipinski definition) is 1. The number of alkyl halides is 3. The molecule has 0 amide bonds. The van der Waals surface area contributed by atoms with Crippen molar-refractivity contribution < 1.29 is 17.9 Å². The lowest BCUT2D eigenvalue weighted by Gasteiger charge is -2.27. The second kappa shape index (κ2) is 4.49. The third kappa shape index (κ3) is 3.48. The van der Waals surface area contributed by atoms with Crippen molar-refractivity contribution in [3.05, 3.63) is 35.4 Å². The summed E-state index contributed by atoms with van der Waals surface area (Å²) >= 11 is 0. The summed E-state index contributed by atoms with van der Waals surface area (Å²) in [5.74, 6) is 0. The topological polar surface area (TPSA) is 21.3 Å². The van der Waals surface area contributed by atoms with Crippen molar-refractivity contribution in [3.63, 3.8) is 0 Å². The van der Waals surface area contributed by atoms with Gasteiger partial charge in [0.15, 0.2) is 0 Å². The second-order valence-electron chi connectivity index (χ2n) is 5.82. The van der Waals surface area contributed by atoms with Crippen LogP contribution in [-0.2, 0) is 17.3 Å². The van der Waals surface area contributed by atoms with E-state index in [1.54, 1.807) is 6.07 Å². The van der Waals surface area contributed by atoms with Crippen LogP contribution < -0.4 is 5.32 Å². The van der Waals surface area contributed by atoms with Crippen molar-refractivity contribution >= 4 is 0 Å². The van der Waals surface area contributed by atoms with Crippen LogP contribution in [0, 0.1) is 0 Å². The molecule has 1 aliphatic heterocycles. The van der Waals surface area contributed by atoms with Crippen molar-refractivity contribution in [1.29, 1.82) is 0 Å². The highest BCUT2D eigenvalue weighted by molar-refractivity contribution is 5.27. The first-order chi connectivity index (χ1) is 8.60. The van der Waals surface area contributed by atoms with Gasteiger partial charge in [-0.2, -0.15) is 13.2 Å². The van der Waals surface area contributed by atoms with Crippen molar-refractivity contribution in [2.24, 2.45) is 0 Å². The van der Waals surface area contributed by atoms with Gasteiger partial charge in [-0.05, 0) is 32.4 Å². The molecule has 5 heteroatoms. The number of nitrogens with one attached hydrogen (secondary N) is 1. The highest BCUT2D eigenvalue weighted by Gasteiger charge is 2.40. The minimum absolute atomic E-state index is 0.295. The molecule has 1 heterocycles. The Morgan fingerprint density at radius 2 is 1.95 bits per heavy atom. The maximum absolute atomic E-state index is 12.7. The van der Waals surface area contributed by atoms with E-state index in [2.05, 4.69) is 5.32 Å². The summed E-state index contributed by atoms with van der Waals surface area (Å²) in [6, 6.07) is 5.39. The Morgan fingerprint density at radius 3 is 2.47 bits per heavy atom. The quantitative estimate of drug-likeness (QED) is 0.892. The van der Waals surface area contributed by atoms with Gasteiger partial charge in [-0.3, -0.25) is 5.32 Å². The van der Waals surface area contributed by atoms with Crippen LogP contribution in [0.3, 0.4) is 0 Å². The molecule has 2 nitrogen and oxygen atoms in total. The predicted molar refractivity (Wildman–Crippen MR) is 66.7 cm³/mol. The maximum Gasteiger partial charge on any atom is 0.416 e. The molecule has 1 atom stereocenters. The zero-order valence-corrected chi connectivity index (χ0v) is 11.3. The third-order valence-corrected chi connectivity index (χ3v) is 3.19. The zero-order valence-electron chi connectivity index (χ0n) is 11.3. The van der Waals surface area contributed by atoms with E-state index in [-0.39, 0.29) is 5.60 Å². The van der Waals surface area contributed by atoms with Gasteiger partial charge in [0.1, 0.15) is 5.72 Å². The molecule has 0 spiro atoms. The van der Waals surface area contributed by atoms with Gasteiger partial charge in [0.25, 0.3) is 0 Å². The van der Waals surface area contributed by atoms with E-state index in [1.165, 1.54) is 12.1 Å². The fourth-order valence-electron chi connectivity index (χ4n) is 2.43. The summed E-state index contributed by atoms with van der Waals surface area (Å²) in [7, 11) is 0. The minimum atomic E-state index is -4.31. The molecule has 1 aromatic carbocycles. The van der Waals surface area contributed by atoms with Gasteiger partial charge in [-0.15, -0.1) is 0 Å². The van der Waals surface area contributed by atoms with Crippen LogP contribution in [0.5, 0.6) is 0 Å². The molecule has 0 radical (unpaired) electrons. The fraction of sp³-hybridized carbons (Fsp3) is 0.571. The monoisotopic (exact) mass is 273 g/mol. The van der Waals surface area contributed by atoms with Gasteiger partial charge in [0.05, 0.1) is 11.2 Å². The van der Waals surface area contributed by atoms with E-state index < -0.39 is 17.5 Å². The zero-order chi connectivity index (χ0) is 14.3. The summed E-state index contributed by atoms with van der Waals surface area (Å²) in [6.45, 7) is 6.46. The average molecular weight is 273 g/mol. The first-order valence-electron chi connectivity index (χ1n) is 6.21. The van der Waals surface area contributed by atoms with E-state index >= 15 is 0 Å². The Labute approximate surface area is 111 Å². The Hall–Kier alpha value is -1.07. The molecule has 0 aliphatic carbocycles. The Kier molecular flexibility index (Phi) is 3.39. The van der Waals surface area contributed by atoms with Crippen molar-refractivity contribution in [2.75, 3.05) is 6.54 Å². The third-order valence-electron chi connectivity index (χ3n) is 3.19. The first kappa shape index (κ1) is 14.3. The van der Waals surface area contributed by atoms with Crippen LogP contribution in [0.25, 0.3) is 0 Å². The summed E-state index contributed by atoms with van der Waals surface area (Å²) in [6.07, 6.45) is -3.90. The van der Waals surface area contributed by atoms with Gasteiger partial charge in [-0.1, -0.05) is 18.2 Å². The molecule has 1 saturated heterocycles. The number of hydrogen-bond acceptors (Lipinski definition) is 2. The van der Waals surface area contributed by atoms with Crippen LogP contribution in [0.4, 0.5) is 13.2 Å². The smallest absolute Gasteiger partial charge is 0.353 e. The standard InChI is InChI=1S/C14H18F3NO/c1-12(2)9-18-13(3,19-12)8-10-5-4-6-11(7-10)14(15,16)17/h4-7,18H,8-9H2,1-3H3. The normalized spacial score (nSPS) is 26.6. The molecule has 1 unspecified atom stereocenters. The molecule has 2 rings (SSSR count). The van der Waals surface area contributed by atoms with Crippen LogP contribution in [0.15, 0.2) is 24.3 Å². The molecule has 1 aromatic rings. The number of halogens is 3. The summed E-state index contributed by atoms with van der Waals surface area (Å²) in [5.41, 5.74) is -0.919. The molecule has 0 saturated carbocycles. The lowest BCUT2D eigenvalue weighted by molar-refractivity contribution is -0.137. The molecule has 1 N–H and O–H groups in total. The van der Waals surface area contributed by atoms with E-state index in [1.807, 2.05) is 20.8 Å². The number of ether oxygens (including phenoxy) is 1. The molecular weight excluding hydrogens is 255 g/mol. The SMILES string of the molecule is CC1(C)CNC(C)(Cc2cccc(C(F)(F)F)c2)O1. The Morgan fingerprint density at radius 1 is 1.26 bits per heavy atom. The molecule has 106 valence electrons. The van der Waals surface area contributed by atoms with E-state index in [0.717, 1.165) is 6.07 Å². The largest absolute Gasteiger partial charge is 0.416 e. The van der Waals surface area contributed by atoms with Crippen LogP contribution in [0.2, 0.25) is 0 Å². The summed E-state index contributed by atoms with van der Waals surface area (Å²) < 4.78 is 43.8. The van der Waals surface area contributed by atoms with Gasteiger partial charge < -0.3 is 4.74 Å². The Bertz CT molecular complexity index is 470. The van der Waals surface area contributed by atoms with Gasteiger partial charge in [0.2, 0.25) is 0 Å². The number of rotatable bonds is 2. The number of benzene rings is 1. The highest BCUT2D eigenvalue weighted by Crippen LogP contribution is 2.32. The average Bonchev–Trinajstić information content (AvgIpc) is 2.52. The maximum atomic E-state index is 12.7. The van der Waals surface area contributed by atoms with E-state index in [4.69, 9.17) is 4.74 Å². The van der Waals surface area contributed by atoms with Crippen LogP contribution >= 0.6 is 0 Å². The van der Waals surface area contributed by atoms with E-state index in [9.17, 15) is 13.2 Å². The van der Waals surface area contributed by atoms with Crippen molar-refractivity contribution in [3.8, 4) is 0 Å².